The molecule has 4 amide bonds. The van der Waals surface area contributed by atoms with Crippen LogP contribution in [0, 0.1) is 47.2 Å². The van der Waals surface area contributed by atoms with Gasteiger partial charge in [-0.3, -0.25) is 29.7 Å². The summed E-state index contributed by atoms with van der Waals surface area (Å²) >= 11 is 6.40. The number of nitrogens with zero attached hydrogens (tertiary/aromatic N) is 8. The van der Waals surface area contributed by atoms with E-state index in [1.165, 1.54) is 35.4 Å². The lowest BCUT2D eigenvalue weighted by atomic mass is 9.94. The number of β-amino-alcohol motifs (C(OH)–C–C–N with tert-alkyl or cyclic N) is 1. The Morgan fingerprint density at radius 1 is 0.986 bits per heavy atom. The van der Waals surface area contributed by atoms with E-state index in [4.69, 9.17) is 27.7 Å². The number of pyridine rings is 1. The van der Waals surface area contributed by atoms with Gasteiger partial charge in [-0.1, -0.05) is 29.5 Å². The number of rotatable bonds is 11. The van der Waals surface area contributed by atoms with Gasteiger partial charge in [0.2, 0.25) is 5.91 Å². The quantitative estimate of drug-likeness (QED) is 0.116. The van der Waals surface area contributed by atoms with Crippen molar-refractivity contribution in [2.45, 2.75) is 63.9 Å². The van der Waals surface area contributed by atoms with Gasteiger partial charge in [0.15, 0.2) is 5.82 Å². The molecule has 5 aromatic rings. The fourth-order valence-corrected chi connectivity index (χ4v) is 10.8. The molecule has 1 atom stereocenters. The molecule has 0 radical (unpaired) electrons. The fraction of sp³-hybridized carbons (Fsp3) is 0.444. The lowest BCUT2D eigenvalue weighted by Crippen LogP contribution is -2.49. The lowest BCUT2D eigenvalue weighted by molar-refractivity contribution is -0.120. The third kappa shape index (κ3) is 10.3. The van der Waals surface area contributed by atoms with E-state index in [0.717, 1.165) is 71.4 Å². The van der Waals surface area contributed by atoms with Gasteiger partial charge in [0.25, 0.3) is 5.91 Å². The number of fused-ring (bicyclic) bond motifs is 2. The number of nitrogens with one attached hydrogen (secondary N) is 1. The molecule has 1 saturated carbocycles. The normalized spacial score (nSPS) is 20.8. The van der Waals surface area contributed by atoms with Crippen LogP contribution >= 0.6 is 11.6 Å². The zero-order valence-corrected chi connectivity index (χ0v) is 40.9. The van der Waals surface area contributed by atoms with E-state index in [2.05, 4.69) is 42.8 Å². The number of aliphatic hydroxyl groups is 1. The summed E-state index contributed by atoms with van der Waals surface area (Å²) in [5.74, 6) is 7.75. The van der Waals surface area contributed by atoms with Crippen molar-refractivity contribution in [3.63, 3.8) is 0 Å². The number of aromatic nitrogens is 3. The molecule has 4 saturated heterocycles. The predicted molar refractivity (Wildman–Crippen MR) is 270 cm³/mol. The largest absolute Gasteiger partial charge is 0.508 e. The van der Waals surface area contributed by atoms with Gasteiger partial charge in [0, 0.05) is 119 Å². The molecule has 0 unspecified atom stereocenters. The van der Waals surface area contributed by atoms with Crippen LogP contribution in [-0.2, 0) is 4.79 Å². The number of aromatic hydroxyl groups is 1. The number of carbonyl (C=O) groups excluding carboxylic acids is 3. The molecule has 15 nitrogen and oxygen atoms in total. The average molecular weight is 1000 g/mol. The molecule has 4 aliphatic heterocycles. The van der Waals surface area contributed by atoms with Crippen LogP contribution in [0.15, 0.2) is 48.7 Å². The van der Waals surface area contributed by atoms with Crippen molar-refractivity contribution in [3.05, 3.63) is 76.4 Å². The van der Waals surface area contributed by atoms with Crippen molar-refractivity contribution >= 4 is 62.6 Å². The van der Waals surface area contributed by atoms with Crippen molar-refractivity contribution in [2.75, 3.05) is 88.4 Å². The number of urea groups is 1. The highest BCUT2D eigenvalue weighted by atomic mass is 35.5. The molecule has 0 bridgehead atoms. The number of carbonyl (C=O) groups is 3. The number of benzene rings is 3. The van der Waals surface area contributed by atoms with Gasteiger partial charge >= 0.3 is 12.0 Å². The maximum Gasteiger partial charge on any atom is 0.328 e. The van der Waals surface area contributed by atoms with Gasteiger partial charge < -0.3 is 29.6 Å². The van der Waals surface area contributed by atoms with Gasteiger partial charge in [0.05, 0.1) is 33.9 Å². The first kappa shape index (κ1) is 49.0. The number of phenols is 1. The highest BCUT2D eigenvalue weighted by Gasteiger charge is 2.45. The van der Waals surface area contributed by atoms with Crippen LogP contribution in [0.3, 0.4) is 0 Å². The van der Waals surface area contributed by atoms with E-state index >= 15 is 8.78 Å². The monoisotopic (exact) mass is 999 g/mol. The number of piperazine rings is 1. The smallest absolute Gasteiger partial charge is 0.328 e. The Bertz CT molecular complexity index is 3080. The Morgan fingerprint density at radius 2 is 1.76 bits per heavy atom. The first-order valence-electron chi connectivity index (χ1n) is 24.7. The zero-order valence-electron chi connectivity index (χ0n) is 40.2. The van der Waals surface area contributed by atoms with E-state index in [1.807, 2.05) is 9.80 Å². The van der Waals surface area contributed by atoms with Crippen LogP contribution in [0.5, 0.6) is 11.8 Å². The molecule has 18 heteroatoms. The van der Waals surface area contributed by atoms with Crippen LogP contribution in [0.2, 0.25) is 5.02 Å². The maximum atomic E-state index is 17.1. The van der Waals surface area contributed by atoms with E-state index in [1.54, 1.807) is 25.1 Å². The summed E-state index contributed by atoms with van der Waals surface area (Å²) in [7, 11) is 0. The van der Waals surface area contributed by atoms with E-state index in [-0.39, 0.29) is 82.1 Å². The van der Waals surface area contributed by atoms with Crippen LogP contribution in [-0.4, -0.2) is 142 Å². The third-order valence-corrected chi connectivity index (χ3v) is 15.1. The molecule has 3 aromatic carbocycles. The minimum Gasteiger partial charge on any atom is -0.508 e. The highest BCUT2D eigenvalue weighted by Crippen LogP contribution is 2.47. The summed E-state index contributed by atoms with van der Waals surface area (Å²) in [6, 6.07) is 9.79. The highest BCUT2D eigenvalue weighted by molar-refractivity contribution is 6.34. The Balaban J connectivity index is 0.740. The van der Waals surface area contributed by atoms with Crippen LogP contribution < -0.4 is 19.9 Å². The molecule has 3 N–H and O–H groups in total. The second-order valence-corrected chi connectivity index (χ2v) is 20.6. The number of anilines is 2. The van der Waals surface area contributed by atoms with Crippen molar-refractivity contribution in [2.24, 2.45) is 11.3 Å². The number of imide groups is 1. The van der Waals surface area contributed by atoms with Crippen LogP contribution in [0.4, 0.5) is 25.1 Å². The minimum atomic E-state index is -0.993. The molecule has 5 aliphatic rings. The number of halogens is 3. The molecule has 374 valence electrons. The standard InChI is InChI=1S/C54H56ClF2N9O6/c1-3-38-42(56)11-9-35-27-37(67)29-39(45(35)38)47-46(57)48-40(30-58-47)49(65-19-6-15-53(2,71)31-65)61-51(60-48)72-33-54(16-17-54)32-63-25-23-62(24-26-63)18-5-4-7-34-12-20-64(21-13-34)50(69)36-8-10-41(55)43(28-36)66-22-14-44(68)59-52(66)70/h1,8-11,27-30,34,67,71H,5-6,12-26,31-33H2,2H3,(H,59,68,70)/t53-/m1/s1. The Morgan fingerprint density at radius 3 is 2.50 bits per heavy atom. The maximum absolute atomic E-state index is 17.1. The van der Waals surface area contributed by atoms with E-state index in [0.29, 0.717) is 71.9 Å². The fourth-order valence-electron chi connectivity index (χ4n) is 10.5. The Hall–Kier alpha value is -6.63. The summed E-state index contributed by atoms with van der Waals surface area (Å²) in [4.78, 5) is 61.5. The number of likely N-dealkylation sites (tertiary alicyclic amines) is 1. The molecule has 5 fully saturated rings. The Kier molecular flexibility index (Phi) is 13.7. The van der Waals surface area contributed by atoms with E-state index in [9.17, 15) is 24.6 Å². The van der Waals surface area contributed by atoms with E-state index < -0.39 is 23.3 Å². The molecular weight excluding hydrogens is 944 g/mol. The average Bonchev–Trinajstić information content (AvgIpc) is 4.14. The van der Waals surface area contributed by atoms with Crippen LogP contribution in [0.1, 0.15) is 74.2 Å². The number of hydrogen-bond donors (Lipinski definition) is 3. The second-order valence-electron chi connectivity index (χ2n) is 20.2. The van der Waals surface area contributed by atoms with Crippen molar-refractivity contribution in [3.8, 4) is 47.2 Å². The van der Waals surface area contributed by atoms with Crippen LogP contribution in [0.25, 0.3) is 32.9 Å². The second kappa shape index (κ2) is 20.1. The number of ether oxygens (including phenoxy) is 1. The summed E-state index contributed by atoms with van der Waals surface area (Å²) in [6.07, 6.45) is 12.9. The number of phenolic OH excluding ortho intramolecular Hbond substituents is 1. The van der Waals surface area contributed by atoms with Gasteiger partial charge in [-0.2, -0.15) is 9.97 Å². The van der Waals surface area contributed by atoms with Gasteiger partial charge in [-0.05, 0) is 87.2 Å². The topological polar surface area (TPSA) is 168 Å². The third-order valence-electron chi connectivity index (χ3n) is 14.7. The number of amides is 4. The SMILES string of the molecule is C#Cc1c(F)ccc2cc(O)cc(-c3ncc4c(N5CCC[C@@](C)(O)C5)nc(OCC5(CN6CCN(CCC#CC7CCN(C(=O)c8ccc(Cl)c(N9CCC(=O)NC9=O)c8)CC7)CC6)CC5)nc4c3F)c12. The number of terminal acetylenes is 1. The summed E-state index contributed by atoms with van der Waals surface area (Å²) in [6.45, 7) is 9.67. The molecule has 72 heavy (non-hydrogen) atoms. The molecular formula is C54H56ClF2N9O6. The van der Waals surface area contributed by atoms with Crippen molar-refractivity contribution in [1.82, 2.24) is 35.0 Å². The summed E-state index contributed by atoms with van der Waals surface area (Å²) < 4.78 is 38.5. The van der Waals surface area contributed by atoms with Crippen molar-refractivity contribution < 1.29 is 38.1 Å². The predicted octanol–water partition coefficient (Wildman–Crippen LogP) is 6.98. The first-order chi connectivity index (χ1) is 34.7. The molecule has 0 spiro atoms. The molecule has 10 rings (SSSR count). The lowest BCUT2D eigenvalue weighted by Gasteiger charge is -2.38. The molecule has 1 aliphatic carbocycles. The zero-order chi connectivity index (χ0) is 50.3. The number of piperidine rings is 2. The number of hydrogen-bond acceptors (Lipinski definition) is 12. The molecule has 6 heterocycles. The van der Waals surface area contributed by atoms with Gasteiger partial charge in [-0.15, -0.1) is 12.3 Å². The van der Waals surface area contributed by atoms with Gasteiger partial charge in [0.1, 0.15) is 28.6 Å². The van der Waals surface area contributed by atoms with Crippen molar-refractivity contribution in [1.29, 1.82) is 0 Å². The summed E-state index contributed by atoms with van der Waals surface area (Å²) in [5.41, 5.74) is -0.429. The minimum absolute atomic E-state index is 0.00437. The summed E-state index contributed by atoms with van der Waals surface area (Å²) in [5, 5.41) is 25.3. The first-order valence-corrected chi connectivity index (χ1v) is 25.1. The Labute approximate surface area is 421 Å². The molecule has 2 aromatic heterocycles. The van der Waals surface area contributed by atoms with Gasteiger partial charge in [-0.25, -0.2) is 13.6 Å².